The van der Waals surface area contributed by atoms with E-state index in [0.717, 1.165) is 55.8 Å². The molecule has 0 aliphatic carbocycles. The maximum absolute atomic E-state index is 6.42. The lowest BCUT2D eigenvalue weighted by Gasteiger charge is -2.26. The van der Waals surface area contributed by atoms with Gasteiger partial charge in [0.2, 0.25) is 0 Å². The second kappa shape index (κ2) is 16.7. The molecule has 0 unspecified atom stereocenters. The Balaban J connectivity index is 0.803. The van der Waals surface area contributed by atoms with Crippen LogP contribution in [0.4, 0.5) is 17.1 Å². The third-order valence-corrected chi connectivity index (χ3v) is 14.4. The Bertz CT molecular complexity index is 4220. The lowest BCUT2D eigenvalue weighted by atomic mass is 9.96. The molecule has 14 aromatic rings. The van der Waals surface area contributed by atoms with Crippen LogP contribution in [0.5, 0.6) is 0 Å². The summed E-state index contributed by atoms with van der Waals surface area (Å²) in [6.07, 6.45) is 0. The molecule has 0 spiro atoms. The van der Waals surface area contributed by atoms with Gasteiger partial charge in [0.05, 0.1) is 11.0 Å². The zero-order chi connectivity index (χ0) is 46.8. The number of fused-ring (bicyclic) bond motifs is 9. The van der Waals surface area contributed by atoms with Crippen LogP contribution < -0.4 is 4.90 Å². The summed E-state index contributed by atoms with van der Waals surface area (Å²) in [5.74, 6) is 0. The monoisotopic (exact) mass is 904 g/mol. The van der Waals surface area contributed by atoms with Gasteiger partial charge in [-0.15, -0.1) is 0 Å². The molecule has 3 nitrogen and oxygen atoms in total. The van der Waals surface area contributed by atoms with E-state index >= 15 is 0 Å². The molecule has 71 heavy (non-hydrogen) atoms. The van der Waals surface area contributed by atoms with Gasteiger partial charge in [-0.25, -0.2) is 0 Å². The minimum Gasteiger partial charge on any atom is -0.455 e. The van der Waals surface area contributed by atoms with Crippen molar-refractivity contribution in [3.8, 4) is 50.2 Å². The van der Waals surface area contributed by atoms with Crippen LogP contribution in [0.15, 0.2) is 271 Å². The molecule has 2 heterocycles. The van der Waals surface area contributed by atoms with Crippen LogP contribution in [0.25, 0.3) is 115 Å². The summed E-state index contributed by atoms with van der Waals surface area (Å²) in [4.78, 5) is 2.35. The zero-order valence-corrected chi connectivity index (χ0v) is 38.7. The first-order chi connectivity index (χ1) is 35.2. The van der Waals surface area contributed by atoms with Gasteiger partial charge in [0.1, 0.15) is 11.2 Å². The highest BCUT2D eigenvalue weighted by Gasteiger charge is 2.18. The van der Waals surface area contributed by atoms with Gasteiger partial charge in [0.15, 0.2) is 0 Å². The van der Waals surface area contributed by atoms with Gasteiger partial charge in [0.25, 0.3) is 0 Å². The average Bonchev–Trinajstić information content (AvgIpc) is 4.00. The van der Waals surface area contributed by atoms with Crippen molar-refractivity contribution in [2.24, 2.45) is 0 Å². The van der Waals surface area contributed by atoms with Crippen molar-refractivity contribution >= 4 is 82.4 Å². The van der Waals surface area contributed by atoms with Crippen LogP contribution in [-0.4, -0.2) is 4.57 Å². The third-order valence-electron chi connectivity index (χ3n) is 14.4. The number of aromatic nitrogens is 1. The summed E-state index contributed by atoms with van der Waals surface area (Å²) in [6.45, 7) is 0. The quantitative estimate of drug-likeness (QED) is 0.142. The number of nitrogens with zero attached hydrogens (tertiary/aromatic N) is 2. The predicted molar refractivity (Wildman–Crippen MR) is 299 cm³/mol. The van der Waals surface area contributed by atoms with Gasteiger partial charge in [-0.2, -0.15) is 0 Å². The highest BCUT2D eigenvalue weighted by molar-refractivity contribution is 6.14. The van der Waals surface area contributed by atoms with Gasteiger partial charge in [-0.05, 0) is 139 Å². The first kappa shape index (κ1) is 40.6. The van der Waals surface area contributed by atoms with E-state index in [0.29, 0.717) is 0 Å². The molecule has 0 atom stereocenters. The molecule has 0 aliphatic heterocycles. The van der Waals surface area contributed by atoms with Crippen molar-refractivity contribution in [2.75, 3.05) is 4.90 Å². The molecule has 0 radical (unpaired) electrons. The topological polar surface area (TPSA) is 21.3 Å². The molecular weight excluding hydrogens is 861 g/mol. The zero-order valence-electron chi connectivity index (χ0n) is 38.7. The van der Waals surface area contributed by atoms with E-state index in [-0.39, 0.29) is 0 Å². The number of benzene rings is 12. The van der Waals surface area contributed by atoms with E-state index in [1.807, 2.05) is 12.1 Å². The molecule has 0 aliphatic rings. The fourth-order valence-corrected chi connectivity index (χ4v) is 10.9. The summed E-state index contributed by atoms with van der Waals surface area (Å²) in [5.41, 5.74) is 18.1. The Labute approximate surface area is 411 Å². The smallest absolute Gasteiger partial charge is 0.143 e. The van der Waals surface area contributed by atoms with E-state index < -0.39 is 0 Å². The lowest BCUT2D eigenvalue weighted by molar-refractivity contribution is 0.670. The summed E-state index contributed by atoms with van der Waals surface area (Å²) in [7, 11) is 0. The maximum atomic E-state index is 6.42. The highest BCUT2D eigenvalue weighted by Crippen LogP contribution is 2.42. The van der Waals surface area contributed by atoms with Crippen LogP contribution in [0.2, 0.25) is 0 Å². The molecule has 0 N–H and O–H groups in total. The second-order valence-electron chi connectivity index (χ2n) is 18.5. The number of furan rings is 1. The second-order valence-corrected chi connectivity index (χ2v) is 18.5. The molecule has 332 valence electrons. The Morgan fingerprint density at radius 1 is 0.282 bits per heavy atom. The molecule has 2 aromatic heterocycles. The standard InChI is InChI=1S/C68H44N2O/c1-3-12-45(13-4-1)47-24-32-54(33-25-47)69(55-34-26-48(27-35-55)46-14-5-2-6-15-46)56-36-28-49(29-37-56)50-31-41-66-64(44-50)61-16-7-9-20-65(61)70(66)57-38-40-59-53(43-57)23-22-51-42-52(30-39-58(51)59)60-18-11-19-63-62-17-8-10-21-67(62)71-68(60)63/h1-44H. The van der Waals surface area contributed by atoms with E-state index in [1.165, 1.54) is 76.7 Å². The van der Waals surface area contributed by atoms with Gasteiger partial charge in [-0.1, -0.05) is 188 Å². The number of hydrogen-bond acceptors (Lipinski definition) is 2. The molecule has 14 rings (SSSR count). The fraction of sp³-hybridized carbons (Fsp3) is 0. The number of anilines is 3. The van der Waals surface area contributed by atoms with Crippen molar-refractivity contribution < 1.29 is 4.42 Å². The lowest BCUT2D eigenvalue weighted by Crippen LogP contribution is -2.09. The Morgan fingerprint density at radius 3 is 1.44 bits per heavy atom. The van der Waals surface area contributed by atoms with E-state index in [4.69, 9.17) is 4.42 Å². The first-order valence-corrected chi connectivity index (χ1v) is 24.3. The molecule has 0 saturated heterocycles. The minimum absolute atomic E-state index is 0.915. The van der Waals surface area contributed by atoms with Gasteiger partial charge in [-0.3, -0.25) is 0 Å². The van der Waals surface area contributed by atoms with E-state index in [9.17, 15) is 0 Å². The van der Waals surface area contributed by atoms with Crippen LogP contribution in [0.3, 0.4) is 0 Å². The van der Waals surface area contributed by atoms with E-state index in [1.54, 1.807) is 0 Å². The molecular formula is C68H44N2O. The SMILES string of the molecule is c1ccc(-c2ccc(N(c3ccc(-c4ccccc4)cc3)c3ccc(-c4ccc5c(c4)c4ccccc4n5-c4ccc5c(ccc6cc(-c7cccc8c7oc7ccccc78)ccc65)c4)cc3)cc2)cc1. The van der Waals surface area contributed by atoms with Gasteiger partial charge < -0.3 is 13.9 Å². The van der Waals surface area contributed by atoms with Gasteiger partial charge in [0, 0.05) is 49.9 Å². The fourth-order valence-electron chi connectivity index (χ4n) is 10.9. The maximum Gasteiger partial charge on any atom is 0.143 e. The molecule has 0 fully saturated rings. The molecule has 0 amide bonds. The van der Waals surface area contributed by atoms with Crippen molar-refractivity contribution in [1.82, 2.24) is 4.57 Å². The largest absolute Gasteiger partial charge is 0.455 e. The van der Waals surface area contributed by atoms with Crippen molar-refractivity contribution in [1.29, 1.82) is 0 Å². The Kier molecular flexibility index (Phi) is 9.53. The normalized spacial score (nSPS) is 11.7. The number of hydrogen-bond donors (Lipinski definition) is 0. The highest BCUT2D eigenvalue weighted by atomic mass is 16.3. The van der Waals surface area contributed by atoms with Crippen LogP contribution in [0, 0.1) is 0 Å². The predicted octanol–water partition coefficient (Wildman–Crippen LogP) is 19.1. The summed E-state index contributed by atoms with van der Waals surface area (Å²) in [6, 6.07) is 96.6. The summed E-state index contributed by atoms with van der Waals surface area (Å²) < 4.78 is 8.84. The Hall–Kier alpha value is -9.44. The van der Waals surface area contributed by atoms with Crippen LogP contribution in [0.1, 0.15) is 0 Å². The molecule has 0 bridgehead atoms. The van der Waals surface area contributed by atoms with Crippen molar-refractivity contribution in [3.63, 3.8) is 0 Å². The van der Waals surface area contributed by atoms with Crippen LogP contribution >= 0.6 is 0 Å². The Morgan fingerprint density at radius 2 is 0.775 bits per heavy atom. The van der Waals surface area contributed by atoms with Crippen molar-refractivity contribution in [2.45, 2.75) is 0 Å². The van der Waals surface area contributed by atoms with Crippen LogP contribution in [-0.2, 0) is 0 Å². The van der Waals surface area contributed by atoms with Gasteiger partial charge >= 0.3 is 0 Å². The third kappa shape index (κ3) is 6.97. The van der Waals surface area contributed by atoms with E-state index in [2.05, 4.69) is 264 Å². The molecule has 12 aromatic carbocycles. The average molecular weight is 905 g/mol. The number of para-hydroxylation sites is 3. The first-order valence-electron chi connectivity index (χ1n) is 24.3. The molecule has 0 saturated carbocycles. The van der Waals surface area contributed by atoms with Crippen molar-refractivity contribution in [3.05, 3.63) is 267 Å². The minimum atomic E-state index is 0.915. The number of rotatable bonds is 8. The molecule has 3 heteroatoms. The summed E-state index contributed by atoms with van der Waals surface area (Å²) >= 11 is 0. The summed E-state index contributed by atoms with van der Waals surface area (Å²) in [5, 5.41) is 9.63.